The standard InChI is InChI=1S/C13H8Br2F3N/c14-8-2-1-6(3-11(8)17)13(19)7-4-12(18)9(15)5-10(7)16/h1-5,13H,19H2. The molecule has 2 rings (SSSR count). The van der Waals surface area contributed by atoms with Crippen molar-refractivity contribution in [1.82, 2.24) is 0 Å². The van der Waals surface area contributed by atoms with Crippen molar-refractivity contribution in [3.63, 3.8) is 0 Å². The van der Waals surface area contributed by atoms with E-state index >= 15 is 0 Å². The Labute approximate surface area is 124 Å². The van der Waals surface area contributed by atoms with Crippen molar-refractivity contribution >= 4 is 31.9 Å². The predicted molar refractivity (Wildman–Crippen MR) is 74.2 cm³/mol. The van der Waals surface area contributed by atoms with Gasteiger partial charge >= 0.3 is 0 Å². The van der Waals surface area contributed by atoms with Crippen molar-refractivity contribution in [2.75, 3.05) is 0 Å². The molecule has 0 spiro atoms. The van der Waals surface area contributed by atoms with Crippen LogP contribution in [-0.2, 0) is 0 Å². The molecule has 1 nitrogen and oxygen atoms in total. The van der Waals surface area contributed by atoms with Crippen LogP contribution in [0.1, 0.15) is 17.2 Å². The summed E-state index contributed by atoms with van der Waals surface area (Å²) in [4.78, 5) is 0. The van der Waals surface area contributed by atoms with Gasteiger partial charge in [0.15, 0.2) is 0 Å². The number of halogens is 5. The summed E-state index contributed by atoms with van der Waals surface area (Å²) in [6.07, 6.45) is 0. The summed E-state index contributed by atoms with van der Waals surface area (Å²) in [5.74, 6) is -1.78. The summed E-state index contributed by atoms with van der Waals surface area (Å²) in [5, 5.41) is 0. The van der Waals surface area contributed by atoms with E-state index in [9.17, 15) is 13.2 Å². The molecule has 0 saturated carbocycles. The van der Waals surface area contributed by atoms with Gasteiger partial charge in [-0.05, 0) is 61.7 Å². The van der Waals surface area contributed by atoms with Crippen LogP contribution in [-0.4, -0.2) is 0 Å². The maximum absolute atomic E-state index is 13.8. The van der Waals surface area contributed by atoms with Crippen molar-refractivity contribution < 1.29 is 13.2 Å². The number of hydrogen-bond donors (Lipinski definition) is 1. The Morgan fingerprint density at radius 2 is 1.47 bits per heavy atom. The third-order valence-electron chi connectivity index (χ3n) is 2.68. The third kappa shape index (κ3) is 3.01. The Balaban J connectivity index is 2.46. The first-order valence-electron chi connectivity index (χ1n) is 5.25. The van der Waals surface area contributed by atoms with E-state index in [2.05, 4.69) is 31.9 Å². The summed E-state index contributed by atoms with van der Waals surface area (Å²) in [7, 11) is 0. The van der Waals surface area contributed by atoms with Gasteiger partial charge in [-0.25, -0.2) is 13.2 Å². The fourth-order valence-corrected chi connectivity index (χ4v) is 2.22. The molecular formula is C13H8Br2F3N. The van der Waals surface area contributed by atoms with Gasteiger partial charge in [0, 0.05) is 5.56 Å². The Morgan fingerprint density at radius 3 is 2.11 bits per heavy atom. The summed E-state index contributed by atoms with van der Waals surface area (Å²) in [5.41, 5.74) is 6.19. The normalized spacial score (nSPS) is 12.5. The van der Waals surface area contributed by atoms with E-state index < -0.39 is 23.5 Å². The molecule has 0 amide bonds. The number of benzene rings is 2. The fraction of sp³-hybridized carbons (Fsp3) is 0.0769. The van der Waals surface area contributed by atoms with Crippen LogP contribution in [0.5, 0.6) is 0 Å². The SMILES string of the molecule is NC(c1ccc(Br)c(F)c1)c1cc(F)c(Br)cc1F. The molecular weight excluding hydrogens is 387 g/mol. The Hall–Kier alpha value is -0.850. The maximum atomic E-state index is 13.8. The van der Waals surface area contributed by atoms with Crippen molar-refractivity contribution in [1.29, 1.82) is 0 Å². The van der Waals surface area contributed by atoms with Crippen LogP contribution in [0.2, 0.25) is 0 Å². The maximum Gasteiger partial charge on any atom is 0.137 e. The van der Waals surface area contributed by atoms with E-state index in [1.807, 2.05) is 0 Å². The minimum Gasteiger partial charge on any atom is -0.320 e. The molecule has 0 aliphatic carbocycles. The van der Waals surface area contributed by atoms with Crippen LogP contribution in [0.15, 0.2) is 39.3 Å². The van der Waals surface area contributed by atoms with Crippen molar-refractivity contribution in [3.05, 3.63) is 67.9 Å². The zero-order chi connectivity index (χ0) is 14.2. The monoisotopic (exact) mass is 393 g/mol. The fourth-order valence-electron chi connectivity index (χ4n) is 1.66. The van der Waals surface area contributed by atoms with Crippen LogP contribution in [0.25, 0.3) is 0 Å². The number of nitrogens with two attached hydrogens (primary N) is 1. The lowest BCUT2D eigenvalue weighted by molar-refractivity contribution is 0.570. The van der Waals surface area contributed by atoms with E-state index in [0.29, 0.717) is 5.56 Å². The number of hydrogen-bond acceptors (Lipinski definition) is 1. The molecule has 2 aromatic carbocycles. The lowest BCUT2D eigenvalue weighted by Crippen LogP contribution is -2.14. The first-order chi connectivity index (χ1) is 8.90. The van der Waals surface area contributed by atoms with E-state index in [0.717, 1.165) is 12.1 Å². The number of rotatable bonds is 2. The van der Waals surface area contributed by atoms with E-state index in [4.69, 9.17) is 5.73 Å². The summed E-state index contributed by atoms with van der Waals surface area (Å²) in [6.45, 7) is 0. The zero-order valence-corrected chi connectivity index (χ0v) is 12.6. The van der Waals surface area contributed by atoms with Crippen LogP contribution in [0.4, 0.5) is 13.2 Å². The largest absolute Gasteiger partial charge is 0.320 e. The second kappa shape index (κ2) is 5.64. The average molecular weight is 395 g/mol. The smallest absolute Gasteiger partial charge is 0.137 e. The average Bonchev–Trinajstić information content (AvgIpc) is 2.36. The van der Waals surface area contributed by atoms with Gasteiger partial charge in [0.1, 0.15) is 17.5 Å². The Kier molecular flexibility index (Phi) is 4.32. The second-order valence-corrected chi connectivity index (χ2v) is 5.65. The van der Waals surface area contributed by atoms with Gasteiger partial charge in [0.05, 0.1) is 15.0 Å². The highest BCUT2D eigenvalue weighted by Gasteiger charge is 2.17. The van der Waals surface area contributed by atoms with E-state index in [-0.39, 0.29) is 14.5 Å². The van der Waals surface area contributed by atoms with Gasteiger partial charge in [-0.1, -0.05) is 6.07 Å². The Morgan fingerprint density at radius 1 is 0.842 bits per heavy atom. The molecule has 0 bridgehead atoms. The Bertz CT molecular complexity index is 632. The first-order valence-corrected chi connectivity index (χ1v) is 6.83. The highest BCUT2D eigenvalue weighted by Crippen LogP contribution is 2.28. The molecule has 2 N–H and O–H groups in total. The molecule has 1 atom stereocenters. The molecule has 0 aliphatic heterocycles. The quantitative estimate of drug-likeness (QED) is 0.735. The van der Waals surface area contributed by atoms with Gasteiger partial charge < -0.3 is 5.73 Å². The lowest BCUT2D eigenvalue weighted by Gasteiger charge is -2.14. The molecule has 19 heavy (non-hydrogen) atoms. The topological polar surface area (TPSA) is 26.0 Å². The van der Waals surface area contributed by atoms with Crippen LogP contribution in [0.3, 0.4) is 0 Å². The molecule has 0 aromatic heterocycles. The molecule has 6 heteroatoms. The molecule has 0 heterocycles. The highest BCUT2D eigenvalue weighted by atomic mass is 79.9. The zero-order valence-electron chi connectivity index (χ0n) is 9.43. The molecule has 0 fully saturated rings. The van der Waals surface area contributed by atoms with Gasteiger partial charge in [0.2, 0.25) is 0 Å². The van der Waals surface area contributed by atoms with Crippen molar-refractivity contribution in [3.8, 4) is 0 Å². The van der Waals surface area contributed by atoms with Gasteiger partial charge in [-0.15, -0.1) is 0 Å². The summed E-state index contributed by atoms with van der Waals surface area (Å²) >= 11 is 5.90. The van der Waals surface area contributed by atoms with Gasteiger partial charge in [-0.3, -0.25) is 0 Å². The third-order valence-corrected chi connectivity index (χ3v) is 3.93. The summed E-state index contributed by atoms with van der Waals surface area (Å²) < 4.78 is 40.9. The van der Waals surface area contributed by atoms with Crippen molar-refractivity contribution in [2.24, 2.45) is 5.73 Å². The molecule has 0 saturated heterocycles. The van der Waals surface area contributed by atoms with Crippen LogP contribution in [0, 0.1) is 17.5 Å². The predicted octanol–water partition coefficient (Wildman–Crippen LogP) is 4.68. The molecule has 100 valence electrons. The second-order valence-electron chi connectivity index (χ2n) is 3.94. The molecule has 0 radical (unpaired) electrons. The first kappa shape index (κ1) is 14.6. The lowest BCUT2D eigenvalue weighted by atomic mass is 9.99. The van der Waals surface area contributed by atoms with Crippen molar-refractivity contribution in [2.45, 2.75) is 6.04 Å². The van der Waals surface area contributed by atoms with E-state index in [1.165, 1.54) is 12.1 Å². The van der Waals surface area contributed by atoms with Crippen LogP contribution < -0.4 is 5.73 Å². The van der Waals surface area contributed by atoms with Gasteiger partial charge in [-0.2, -0.15) is 0 Å². The minimum atomic E-state index is -0.940. The minimum absolute atomic E-state index is 0.0166. The van der Waals surface area contributed by atoms with Gasteiger partial charge in [0.25, 0.3) is 0 Å². The summed E-state index contributed by atoms with van der Waals surface area (Å²) in [6, 6.07) is 5.28. The highest BCUT2D eigenvalue weighted by molar-refractivity contribution is 9.10. The molecule has 1 unspecified atom stereocenters. The molecule has 0 aliphatic rings. The molecule has 2 aromatic rings. The van der Waals surface area contributed by atoms with E-state index in [1.54, 1.807) is 6.07 Å². The van der Waals surface area contributed by atoms with Crippen LogP contribution >= 0.6 is 31.9 Å².